The summed E-state index contributed by atoms with van der Waals surface area (Å²) in [6, 6.07) is 0.354. The van der Waals surface area contributed by atoms with Crippen LogP contribution >= 0.6 is 0 Å². The fourth-order valence-corrected chi connectivity index (χ4v) is 1.78. The van der Waals surface area contributed by atoms with Crippen LogP contribution in [0.2, 0.25) is 0 Å². The van der Waals surface area contributed by atoms with Crippen LogP contribution in [0, 0.1) is 5.92 Å². The third-order valence-electron chi connectivity index (χ3n) is 2.79. The normalized spacial score (nSPS) is 18.7. The molecule has 0 saturated heterocycles. The summed E-state index contributed by atoms with van der Waals surface area (Å²) in [6.07, 6.45) is 5.26. The third kappa shape index (κ3) is 5.78. The SMILES string of the molecule is CCC(CC1CC1)NC(=O)CC(C)(C)N. The van der Waals surface area contributed by atoms with Gasteiger partial charge in [-0.15, -0.1) is 0 Å². The maximum absolute atomic E-state index is 11.6. The van der Waals surface area contributed by atoms with Gasteiger partial charge in [0.05, 0.1) is 0 Å². The van der Waals surface area contributed by atoms with E-state index in [9.17, 15) is 4.79 Å². The molecule has 3 N–H and O–H groups in total. The van der Waals surface area contributed by atoms with Gasteiger partial charge in [0.1, 0.15) is 0 Å². The maximum Gasteiger partial charge on any atom is 0.222 e. The highest BCUT2D eigenvalue weighted by Gasteiger charge is 2.26. The first-order valence-electron chi connectivity index (χ1n) is 5.99. The fourth-order valence-electron chi connectivity index (χ4n) is 1.78. The van der Waals surface area contributed by atoms with E-state index in [4.69, 9.17) is 5.73 Å². The summed E-state index contributed by atoms with van der Waals surface area (Å²) in [7, 11) is 0. The molecule has 1 saturated carbocycles. The van der Waals surface area contributed by atoms with E-state index in [2.05, 4.69) is 12.2 Å². The number of nitrogens with two attached hydrogens (primary N) is 1. The summed E-state index contributed by atoms with van der Waals surface area (Å²) in [5.41, 5.74) is 5.41. The molecule has 0 aromatic rings. The molecule has 15 heavy (non-hydrogen) atoms. The summed E-state index contributed by atoms with van der Waals surface area (Å²) < 4.78 is 0. The first-order chi connectivity index (χ1) is 6.90. The summed E-state index contributed by atoms with van der Waals surface area (Å²) in [5, 5.41) is 3.08. The zero-order valence-corrected chi connectivity index (χ0v) is 10.2. The van der Waals surface area contributed by atoms with Crippen LogP contribution in [-0.4, -0.2) is 17.5 Å². The van der Waals surface area contributed by atoms with Crippen molar-refractivity contribution in [3.63, 3.8) is 0 Å². The largest absolute Gasteiger partial charge is 0.353 e. The van der Waals surface area contributed by atoms with Gasteiger partial charge in [-0.25, -0.2) is 0 Å². The molecule has 1 aliphatic rings. The minimum Gasteiger partial charge on any atom is -0.353 e. The van der Waals surface area contributed by atoms with Crippen molar-refractivity contribution < 1.29 is 4.79 Å². The molecule has 88 valence electrons. The Morgan fingerprint density at radius 3 is 2.53 bits per heavy atom. The Kier molecular flexibility index (Phi) is 4.14. The number of carbonyl (C=O) groups excluding carboxylic acids is 1. The molecule has 0 bridgehead atoms. The maximum atomic E-state index is 11.6. The van der Waals surface area contributed by atoms with E-state index in [1.165, 1.54) is 12.8 Å². The summed E-state index contributed by atoms with van der Waals surface area (Å²) in [5.74, 6) is 0.955. The smallest absolute Gasteiger partial charge is 0.222 e. The lowest BCUT2D eigenvalue weighted by atomic mass is 10.0. The molecular formula is C12H24N2O. The van der Waals surface area contributed by atoms with Gasteiger partial charge >= 0.3 is 0 Å². The Morgan fingerprint density at radius 1 is 1.53 bits per heavy atom. The second-order valence-corrected chi connectivity index (χ2v) is 5.52. The summed E-state index contributed by atoms with van der Waals surface area (Å²) in [6.45, 7) is 5.89. The molecule has 3 heteroatoms. The average molecular weight is 212 g/mol. The number of nitrogens with one attached hydrogen (secondary N) is 1. The van der Waals surface area contributed by atoms with Gasteiger partial charge in [0.15, 0.2) is 0 Å². The van der Waals surface area contributed by atoms with Crippen LogP contribution in [-0.2, 0) is 4.79 Å². The van der Waals surface area contributed by atoms with E-state index in [1.807, 2.05) is 13.8 Å². The van der Waals surface area contributed by atoms with Gasteiger partial charge in [-0.3, -0.25) is 4.79 Å². The lowest BCUT2D eigenvalue weighted by molar-refractivity contribution is -0.122. The van der Waals surface area contributed by atoms with Crippen molar-refractivity contribution in [1.82, 2.24) is 5.32 Å². The average Bonchev–Trinajstić information content (AvgIpc) is 2.83. The second kappa shape index (κ2) is 4.97. The summed E-state index contributed by atoms with van der Waals surface area (Å²) in [4.78, 5) is 11.6. The zero-order chi connectivity index (χ0) is 11.5. The number of hydrogen-bond acceptors (Lipinski definition) is 2. The highest BCUT2D eigenvalue weighted by Crippen LogP contribution is 2.34. The highest BCUT2D eigenvalue weighted by atomic mass is 16.1. The minimum atomic E-state index is -0.401. The van der Waals surface area contributed by atoms with Gasteiger partial charge in [0.25, 0.3) is 0 Å². The van der Waals surface area contributed by atoms with Gasteiger partial charge < -0.3 is 11.1 Å². The fraction of sp³-hybridized carbons (Fsp3) is 0.917. The number of hydrogen-bond donors (Lipinski definition) is 2. The van der Waals surface area contributed by atoms with E-state index < -0.39 is 5.54 Å². The molecule has 1 rings (SSSR count). The van der Waals surface area contributed by atoms with Crippen LogP contribution in [0.3, 0.4) is 0 Å². The predicted octanol–water partition coefficient (Wildman–Crippen LogP) is 1.81. The zero-order valence-electron chi connectivity index (χ0n) is 10.2. The Labute approximate surface area is 92.8 Å². The van der Waals surface area contributed by atoms with Crippen LogP contribution < -0.4 is 11.1 Å². The minimum absolute atomic E-state index is 0.0926. The molecule has 3 nitrogen and oxygen atoms in total. The van der Waals surface area contributed by atoms with Crippen molar-refractivity contribution in [3.05, 3.63) is 0 Å². The third-order valence-corrected chi connectivity index (χ3v) is 2.79. The molecule has 1 unspecified atom stereocenters. The predicted molar refractivity (Wildman–Crippen MR) is 62.4 cm³/mol. The standard InChI is InChI=1S/C12H24N2O/c1-4-10(7-9-5-6-9)14-11(15)8-12(2,3)13/h9-10H,4-8,13H2,1-3H3,(H,14,15). The molecule has 0 aromatic heterocycles. The Balaban J connectivity index is 2.27. The molecule has 0 heterocycles. The molecule has 1 aliphatic carbocycles. The van der Waals surface area contributed by atoms with Gasteiger partial charge in [0.2, 0.25) is 5.91 Å². The van der Waals surface area contributed by atoms with Gasteiger partial charge in [0, 0.05) is 18.0 Å². The Hall–Kier alpha value is -0.570. The first-order valence-corrected chi connectivity index (χ1v) is 5.99. The van der Waals surface area contributed by atoms with Crippen LogP contribution in [0.15, 0.2) is 0 Å². The molecule has 0 aromatic carbocycles. The van der Waals surface area contributed by atoms with E-state index >= 15 is 0 Å². The van der Waals surface area contributed by atoms with E-state index in [1.54, 1.807) is 0 Å². The Bertz CT molecular complexity index is 216. The molecule has 0 radical (unpaired) electrons. The molecule has 0 spiro atoms. The highest BCUT2D eigenvalue weighted by molar-refractivity contribution is 5.77. The first kappa shape index (κ1) is 12.5. The summed E-state index contributed by atoms with van der Waals surface area (Å²) >= 11 is 0. The lowest BCUT2D eigenvalue weighted by Crippen LogP contribution is -2.42. The molecule has 1 amide bonds. The topological polar surface area (TPSA) is 55.1 Å². The molecule has 0 aliphatic heterocycles. The number of carbonyl (C=O) groups is 1. The van der Waals surface area contributed by atoms with Crippen molar-refractivity contribution in [2.24, 2.45) is 11.7 Å². The molecule has 1 atom stereocenters. The van der Waals surface area contributed by atoms with Crippen molar-refractivity contribution >= 4 is 5.91 Å². The number of amides is 1. The lowest BCUT2D eigenvalue weighted by Gasteiger charge is -2.21. The number of rotatable bonds is 6. The van der Waals surface area contributed by atoms with E-state index in [0.717, 1.165) is 18.8 Å². The molecule has 1 fully saturated rings. The monoisotopic (exact) mass is 212 g/mol. The van der Waals surface area contributed by atoms with Gasteiger partial charge in [-0.1, -0.05) is 19.8 Å². The van der Waals surface area contributed by atoms with Crippen LogP contribution in [0.25, 0.3) is 0 Å². The molecular weight excluding hydrogens is 188 g/mol. The quantitative estimate of drug-likeness (QED) is 0.705. The van der Waals surface area contributed by atoms with Crippen LogP contribution in [0.1, 0.15) is 52.9 Å². The van der Waals surface area contributed by atoms with Crippen molar-refractivity contribution in [3.8, 4) is 0 Å². The van der Waals surface area contributed by atoms with Crippen molar-refractivity contribution in [2.45, 2.75) is 64.5 Å². The van der Waals surface area contributed by atoms with Gasteiger partial charge in [-0.2, -0.15) is 0 Å². The van der Waals surface area contributed by atoms with E-state index in [-0.39, 0.29) is 5.91 Å². The van der Waals surface area contributed by atoms with E-state index in [0.29, 0.717) is 12.5 Å². The second-order valence-electron chi connectivity index (χ2n) is 5.52. The van der Waals surface area contributed by atoms with Crippen molar-refractivity contribution in [2.75, 3.05) is 0 Å². The van der Waals surface area contributed by atoms with Crippen LogP contribution in [0.4, 0.5) is 0 Å². The van der Waals surface area contributed by atoms with Crippen LogP contribution in [0.5, 0.6) is 0 Å². The van der Waals surface area contributed by atoms with Gasteiger partial charge in [-0.05, 0) is 32.6 Å². The Morgan fingerprint density at radius 2 is 2.13 bits per heavy atom. The van der Waals surface area contributed by atoms with Crippen molar-refractivity contribution in [1.29, 1.82) is 0 Å².